The number of imidazole rings is 1. The molecule has 4 heteroatoms. The molecule has 2 nitrogen and oxygen atoms in total. The molecule has 0 aliphatic rings. The maximum atomic E-state index is 5.51. The zero-order valence-electron chi connectivity index (χ0n) is 11.6. The normalized spacial score (nSPS) is 11.2. The van der Waals surface area contributed by atoms with E-state index in [2.05, 4.69) is 76.6 Å². The molecule has 0 spiro atoms. The zero-order valence-corrected chi connectivity index (χ0v) is 14.0. The number of nitrogens with zero attached hydrogens (tertiary/aromatic N) is 1. The van der Waals surface area contributed by atoms with Crippen LogP contribution in [-0.4, -0.2) is 9.55 Å². The number of H-pyrrole nitrogens is 1. The number of benzene rings is 2. The molecule has 102 valence electrons. The maximum absolute atomic E-state index is 5.51. The smallest absolute Gasteiger partial charge is 0.182 e. The first-order valence-corrected chi connectivity index (χ1v) is 7.66. The molecular formula is C16H15BrN2S. The minimum atomic E-state index is 0.732. The van der Waals surface area contributed by atoms with E-state index in [1.165, 1.54) is 16.7 Å². The van der Waals surface area contributed by atoms with Crippen molar-refractivity contribution in [3.05, 3.63) is 56.3 Å². The van der Waals surface area contributed by atoms with Crippen molar-refractivity contribution in [2.24, 2.45) is 0 Å². The van der Waals surface area contributed by atoms with Gasteiger partial charge in [0.25, 0.3) is 0 Å². The van der Waals surface area contributed by atoms with Crippen molar-refractivity contribution < 1.29 is 0 Å². The molecule has 1 N–H and O–H groups in total. The quantitative estimate of drug-likeness (QED) is 0.587. The first-order chi connectivity index (χ1) is 9.49. The van der Waals surface area contributed by atoms with Gasteiger partial charge in [-0.05, 0) is 67.9 Å². The highest BCUT2D eigenvalue weighted by Gasteiger charge is 2.10. The molecule has 0 unspecified atom stereocenters. The van der Waals surface area contributed by atoms with Gasteiger partial charge in [-0.15, -0.1) is 0 Å². The molecule has 0 aliphatic heterocycles. The summed E-state index contributed by atoms with van der Waals surface area (Å²) in [7, 11) is 0. The van der Waals surface area contributed by atoms with E-state index in [0.29, 0.717) is 0 Å². The molecule has 20 heavy (non-hydrogen) atoms. The Morgan fingerprint density at radius 1 is 1.05 bits per heavy atom. The lowest BCUT2D eigenvalue weighted by atomic mass is 10.1. The lowest BCUT2D eigenvalue weighted by molar-refractivity contribution is 1.05. The second-order valence-electron chi connectivity index (χ2n) is 5.13. The van der Waals surface area contributed by atoms with E-state index in [9.17, 15) is 0 Å². The van der Waals surface area contributed by atoms with Gasteiger partial charge < -0.3 is 4.98 Å². The summed E-state index contributed by atoms with van der Waals surface area (Å²) in [6.07, 6.45) is 0. The van der Waals surface area contributed by atoms with Crippen LogP contribution in [0.5, 0.6) is 0 Å². The van der Waals surface area contributed by atoms with Crippen molar-refractivity contribution in [2.45, 2.75) is 20.8 Å². The lowest BCUT2D eigenvalue weighted by Gasteiger charge is -2.10. The predicted molar refractivity (Wildman–Crippen MR) is 90.4 cm³/mol. The third kappa shape index (κ3) is 2.03. The molecule has 3 aromatic rings. The van der Waals surface area contributed by atoms with Crippen molar-refractivity contribution in [3.8, 4) is 5.69 Å². The van der Waals surface area contributed by atoms with Gasteiger partial charge in [0.2, 0.25) is 0 Å². The highest BCUT2D eigenvalue weighted by atomic mass is 79.9. The molecule has 0 bridgehead atoms. The number of fused-ring (bicyclic) bond motifs is 1. The topological polar surface area (TPSA) is 20.7 Å². The molecule has 0 atom stereocenters. The first kappa shape index (κ1) is 13.6. The van der Waals surface area contributed by atoms with Gasteiger partial charge in [-0.1, -0.05) is 28.1 Å². The van der Waals surface area contributed by atoms with Crippen LogP contribution in [0.15, 0.2) is 34.8 Å². The third-order valence-electron chi connectivity index (χ3n) is 3.61. The van der Waals surface area contributed by atoms with Crippen LogP contribution in [0.3, 0.4) is 0 Å². The largest absolute Gasteiger partial charge is 0.330 e. The summed E-state index contributed by atoms with van der Waals surface area (Å²) >= 11 is 9.12. The SMILES string of the molecule is Cc1cc(-n2c(=S)[nH]c3c(C)cccc32)cc(C)c1Br. The molecule has 0 saturated heterocycles. The number of aromatic amines is 1. The molecule has 0 fully saturated rings. The second kappa shape index (κ2) is 4.86. The Bertz CT molecular complexity index is 851. The zero-order chi connectivity index (χ0) is 14.4. The summed E-state index contributed by atoms with van der Waals surface area (Å²) in [4.78, 5) is 3.31. The Hall–Kier alpha value is -1.39. The molecule has 1 heterocycles. The Kier molecular flexibility index (Phi) is 3.30. The second-order valence-corrected chi connectivity index (χ2v) is 6.31. The molecule has 0 saturated carbocycles. The summed E-state index contributed by atoms with van der Waals surface area (Å²) < 4.78 is 3.99. The fourth-order valence-electron chi connectivity index (χ4n) is 2.58. The number of para-hydroxylation sites is 1. The van der Waals surface area contributed by atoms with E-state index >= 15 is 0 Å². The van der Waals surface area contributed by atoms with Crippen LogP contribution in [-0.2, 0) is 0 Å². The van der Waals surface area contributed by atoms with E-state index in [1.54, 1.807) is 0 Å². The van der Waals surface area contributed by atoms with Gasteiger partial charge >= 0.3 is 0 Å². The van der Waals surface area contributed by atoms with Crippen LogP contribution in [0.2, 0.25) is 0 Å². The van der Waals surface area contributed by atoms with Gasteiger partial charge in [0.15, 0.2) is 4.77 Å². The predicted octanol–water partition coefficient (Wildman–Crippen LogP) is 5.38. The minimum Gasteiger partial charge on any atom is -0.330 e. The Labute approximate surface area is 131 Å². The van der Waals surface area contributed by atoms with Crippen LogP contribution >= 0.6 is 28.1 Å². The molecular weight excluding hydrogens is 332 g/mol. The number of hydrogen-bond acceptors (Lipinski definition) is 1. The molecule has 3 rings (SSSR count). The van der Waals surface area contributed by atoms with Crippen LogP contribution in [0.4, 0.5) is 0 Å². The number of nitrogens with one attached hydrogen (secondary N) is 1. The van der Waals surface area contributed by atoms with Crippen LogP contribution in [0.25, 0.3) is 16.7 Å². The monoisotopic (exact) mass is 346 g/mol. The van der Waals surface area contributed by atoms with E-state index in [1.807, 2.05) is 0 Å². The van der Waals surface area contributed by atoms with Gasteiger partial charge in [0, 0.05) is 10.2 Å². The highest BCUT2D eigenvalue weighted by molar-refractivity contribution is 9.10. The average Bonchev–Trinajstić information content (AvgIpc) is 2.73. The summed E-state index contributed by atoms with van der Waals surface area (Å²) in [6.45, 7) is 6.30. The maximum Gasteiger partial charge on any atom is 0.182 e. The number of aryl methyl sites for hydroxylation is 3. The van der Waals surface area contributed by atoms with E-state index in [4.69, 9.17) is 12.2 Å². The fraction of sp³-hybridized carbons (Fsp3) is 0.188. The number of halogens is 1. The first-order valence-electron chi connectivity index (χ1n) is 6.46. The van der Waals surface area contributed by atoms with Crippen molar-refractivity contribution in [1.29, 1.82) is 0 Å². The van der Waals surface area contributed by atoms with Gasteiger partial charge in [0.1, 0.15) is 0 Å². The van der Waals surface area contributed by atoms with Gasteiger partial charge in [0.05, 0.1) is 11.0 Å². The summed E-state index contributed by atoms with van der Waals surface area (Å²) in [6, 6.07) is 10.6. The van der Waals surface area contributed by atoms with Crippen molar-refractivity contribution in [1.82, 2.24) is 9.55 Å². The van der Waals surface area contributed by atoms with Crippen molar-refractivity contribution in [2.75, 3.05) is 0 Å². The van der Waals surface area contributed by atoms with Gasteiger partial charge in [-0.3, -0.25) is 4.57 Å². The number of rotatable bonds is 1. The van der Waals surface area contributed by atoms with Crippen molar-refractivity contribution in [3.63, 3.8) is 0 Å². The Morgan fingerprint density at radius 3 is 2.35 bits per heavy atom. The molecule has 2 aromatic carbocycles. The Balaban J connectivity index is 2.38. The summed E-state index contributed by atoms with van der Waals surface area (Å²) in [5.41, 5.74) is 6.96. The molecule has 0 radical (unpaired) electrons. The minimum absolute atomic E-state index is 0.732. The van der Waals surface area contributed by atoms with E-state index < -0.39 is 0 Å². The lowest BCUT2D eigenvalue weighted by Crippen LogP contribution is -1.96. The highest BCUT2D eigenvalue weighted by Crippen LogP contribution is 2.27. The summed E-state index contributed by atoms with van der Waals surface area (Å²) in [5.74, 6) is 0. The van der Waals surface area contributed by atoms with Crippen molar-refractivity contribution >= 4 is 39.2 Å². The van der Waals surface area contributed by atoms with Crippen LogP contribution in [0, 0.1) is 25.5 Å². The number of hydrogen-bond donors (Lipinski definition) is 1. The van der Waals surface area contributed by atoms with Gasteiger partial charge in [-0.25, -0.2) is 0 Å². The Morgan fingerprint density at radius 2 is 1.70 bits per heavy atom. The number of aromatic nitrogens is 2. The van der Waals surface area contributed by atoms with E-state index in [-0.39, 0.29) is 0 Å². The summed E-state index contributed by atoms with van der Waals surface area (Å²) in [5, 5.41) is 0. The fourth-order valence-corrected chi connectivity index (χ4v) is 3.12. The van der Waals surface area contributed by atoms with Crippen LogP contribution in [0.1, 0.15) is 16.7 Å². The van der Waals surface area contributed by atoms with E-state index in [0.717, 1.165) is 26.0 Å². The van der Waals surface area contributed by atoms with Gasteiger partial charge in [-0.2, -0.15) is 0 Å². The third-order valence-corrected chi connectivity index (χ3v) is 5.14. The average molecular weight is 347 g/mol. The molecule has 0 amide bonds. The standard InChI is InChI=1S/C16H15BrN2S/c1-9-5-4-6-13-15(9)18-16(20)19(13)12-7-10(2)14(17)11(3)8-12/h4-8H,1-3H3,(H,18,20). The molecule has 0 aliphatic carbocycles. The van der Waals surface area contributed by atoms with Crippen LogP contribution < -0.4 is 0 Å². The molecule has 1 aromatic heterocycles.